The summed E-state index contributed by atoms with van der Waals surface area (Å²) in [6, 6.07) is -1.07. The molecular weight excluding hydrogens is 334 g/mol. The van der Waals surface area contributed by atoms with Gasteiger partial charge in [-0.25, -0.2) is 0 Å². The van der Waals surface area contributed by atoms with Gasteiger partial charge in [0, 0.05) is 5.92 Å². The lowest BCUT2D eigenvalue weighted by Crippen LogP contribution is -2.49. The van der Waals surface area contributed by atoms with E-state index in [9.17, 15) is 19.5 Å². The van der Waals surface area contributed by atoms with Crippen molar-refractivity contribution in [3.63, 3.8) is 0 Å². The van der Waals surface area contributed by atoms with Crippen LogP contribution < -0.4 is 5.32 Å². The molecule has 6 nitrogen and oxygen atoms in total. The lowest BCUT2D eigenvalue weighted by Gasteiger charge is -2.31. The summed E-state index contributed by atoms with van der Waals surface area (Å²) < 4.78 is 5.10. The molecule has 0 saturated heterocycles. The van der Waals surface area contributed by atoms with Crippen LogP contribution in [0.4, 0.5) is 0 Å². The highest BCUT2D eigenvalue weighted by molar-refractivity contribution is 5.91. The zero-order valence-corrected chi connectivity index (χ0v) is 16.2. The predicted molar refractivity (Wildman–Crippen MR) is 97.6 cm³/mol. The number of nitrogens with one attached hydrogen (secondary N) is 1. The Balaban J connectivity index is 2.10. The molecule has 0 aromatic rings. The average Bonchev–Trinajstić information content (AvgIpc) is 3.00. The van der Waals surface area contributed by atoms with Crippen LogP contribution >= 0.6 is 0 Å². The molecule has 0 radical (unpaired) electrons. The van der Waals surface area contributed by atoms with E-state index in [-0.39, 0.29) is 17.7 Å². The first-order valence-electron chi connectivity index (χ1n) is 10.1. The van der Waals surface area contributed by atoms with Crippen molar-refractivity contribution in [1.82, 2.24) is 5.32 Å². The molecule has 1 unspecified atom stereocenters. The molecule has 2 rings (SSSR count). The second kappa shape index (κ2) is 9.49. The molecule has 26 heavy (non-hydrogen) atoms. The fraction of sp³-hybridized carbons (Fsp3) is 0.850. The van der Waals surface area contributed by atoms with E-state index in [1.165, 1.54) is 0 Å². The zero-order valence-electron chi connectivity index (χ0n) is 16.2. The normalized spacial score (nSPS) is 30.3. The van der Waals surface area contributed by atoms with Gasteiger partial charge in [-0.1, -0.05) is 32.6 Å². The van der Waals surface area contributed by atoms with Gasteiger partial charge in [-0.3, -0.25) is 19.7 Å². The Morgan fingerprint density at radius 3 is 2.50 bits per heavy atom. The quantitative estimate of drug-likeness (QED) is 0.609. The number of ketones is 1. The lowest BCUT2D eigenvalue weighted by molar-refractivity contribution is -0.148. The van der Waals surface area contributed by atoms with Gasteiger partial charge in [0.15, 0.2) is 5.78 Å². The third-order valence-corrected chi connectivity index (χ3v) is 6.09. The molecule has 2 N–H and O–H groups in total. The Labute approximate surface area is 156 Å². The molecule has 0 aromatic heterocycles. The molecule has 2 fully saturated rings. The van der Waals surface area contributed by atoms with E-state index in [0.717, 1.165) is 32.1 Å². The molecule has 6 heteroatoms. The zero-order chi connectivity index (χ0) is 19.3. The van der Waals surface area contributed by atoms with Crippen LogP contribution in [0.5, 0.6) is 0 Å². The van der Waals surface area contributed by atoms with Crippen LogP contribution in [0.1, 0.15) is 65.7 Å². The third-order valence-electron chi connectivity index (χ3n) is 6.09. The number of carboxylic acids is 1. The number of hydrogen-bond acceptors (Lipinski definition) is 5. The SMILES string of the molecule is CCC[C@H](N[C@@H](C)C(=O)[C@@H]1[C@H](C(=O)O)CC2CCCC[C@@H]21)C(=O)OCC. The van der Waals surface area contributed by atoms with Gasteiger partial charge >= 0.3 is 11.9 Å². The molecule has 0 aromatic carbocycles. The highest BCUT2D eigenvalue weighted by Crippen LogP contribution is 2.49. The summed E-state index contributed by atoms with van der Waals surface area (Å²) in [6.45, 7) is 5.79. The maximum atomic E-state index is 13.2. The summed E-state index contributed by atoms with van der Waals surface area (Å²) >= 11 is 0. The van der Waals surface area contributed by atoms with Gasteiger partial charge in [-0.2, -0.15) is 0 Å². The fourth-order valence-corrected chi connectivity index (χ4v) is 4.91. The number of carbonyl (C=O) groups is 3. The number of aliphatic carboxylic acids is 1. The molecule has 0 heterocycles. The molecule has 2 saturated carbocycles. The van der Waals surface area contributed by atoms with Crippen molar-refractivity contribution in [1.29, 1.82) is 0 Å². The summed E-state index contributed by atoms with van der Waals surface area (Å²) in [5.74, 6) is -1.77. The number of esters is 1. The molecule has 148 valence electrons. The van der Waals surface area contributed by atoms with Gasteiger partial charge < -0.3 is 9.84 Å². The van der Waals surface area contributed by atoms with Crippen LogP contribution in [-0.2, 0) is 19.1 Å². The Hall–Kier alpha value is -1.43. The summed E-state index contributed by atoms with van der Waals surface area (Å²) in [5, 5.41) is 12.8. The molecule has 0 amide bonds. The average molecular weight is 367 g/mol. The maximum absolute atomic E-state index is 13.2. The molecule has 6 atom stereocenters. The Morgan fingerprint density at radius 2 is 1.88 bits per heavy atom. The van der Waals surface area contributed by atoms with E-state index < -0.39 is 29.9 Å². The fourth-order valence-electron chi connectivity index (χ4n) is 4.91. The summed E-state index contributed by atoms with van der Waals surface area (Å²) in [6.07, 6.45) is 6.16. The van der Waals surface area contributed by atoms with Crippen molar-refractivity contribution in [3.05, 3.63) is 0 Å². The minimum atomic E-state index is -0.861. The monoisotopic (exact) mass is 367 g/mol. The number of carbonyl (C=O) groups excluding carboxylic acids is 2. The minimum Gasteiger partial charge on any atom is -0.481 e. The molecular formula is C20H33NO5. The van der Waals surface area contributed by atoms with E-state index in [1.807, 2.05) is 6.92 Å². The van der Waals surface area contributed by atoms with Gasteiger partial charge in [-0.05, 0) is 44.9 Å². The molecule has 2 aliphatic carbocycles. The van der Waals surface area contributed by atoms with Gasteiger partial charge in [-0.15, -0.1) is 0 Å². The number of fused-ring (bicyclic) bond motifs is 1. The first kappa shape index (κ1) is 20.9. The van der Waals surface area contributed by atoms with Crippen molar-refractivity contribution < 1.29 is 24.2 Å². The summed E-state index contributed by atoms with van der Waals surface area (Å²) in [7, 11) is 0. The predicted octanol–water partition coefficient (Wildman–Crippen LogP) is 2.79. The van der Waals surface area contributed by atoms with Crippen molar-refractivity contribution in [2.45, 2.75) is 77.8 Å². The molecule has 0 bridgehead atoms. The second-order valence-corrected chi connectivity index (χ2v) is 7.80. The molecule has 0 aliphatic heterocycles. The van der Waals surface area contributed by atoms with E-state index >= 15 is 0 Å². The number of ether oxygens (including phenoxy) is 1. The van der Waals surface area contributed by atoms with Crippen molar-refractivity contribution >= 4 is 17.7 Å². The topological polar surface area (TPSA) is 92.7 Å². The standard InChI is InChI=1S/C20H33NO5/c1-4-8-16(20(25)26-5-2)21-12(3)18(22)17-14-10-7-6-9-13(14)11-15(17)19(23)24/h12-17,21H,4-11H2,1-3H3,(H,23,24)/t12-,13?,14-,15+,16-,17-/m0/s1. The Kier molecular flexibility index (Phi) is 7.62. The van der Waals surface area contributed by atoms with Crippen LogP contribution in [0.2, 0.25) is 0 Å². The number of rotatable bonds is 9. The van der Waals surface area contributed by atoms with Gasteiger partial charge in [0.25, 0.3) is 0 Å². The van der Waals surface area contributed by atoms with E-state index in [4.69, 9.17) is 4.74 Å². The first-order chi connectivity index (χ1) is 12.4. The second-order valence-electron chi connectivity index (χ2n) is 7.80. The Bertz CT molecular complexity index is 520. The Morgan fingerprint density at radius 1 is 1.19 bits per heavy atom. The van der Waals surface area contributed by atoms with Crippen molar-refractivity contribution in [2.24, 2.45) is 23.7 Å². The van der Waals surface area contributed by atoms with E-state index in [1.54, 1.807) is 13.8 Å². The van der Waals surface area contributed by atoms with Crippen LogP contribution in [0.15, 0.2) is 0 Å². The lowest BCUT2D eigenvalue weighted by atomic mass is 9.75. The highest BCUT2D eigenvalue weighted by atomic mass is 16.5. The van der Waals surface area contributed by atoms with Crippen molar-refractivity contribution in [2.75, 3.05) is 6.61 Å². The van der Waals surface area contributed by atoms with E-state index in [0.29, 0.717) is 25.4 Å². The highest BCUT2D eigenvalue weighted by Gasteiger charge is 2.51. The summed E-state index contributed by atoms with van der Waals surface area (Å²) in [4.78, 5) is 37.0. The van der Waals surface area contributed by atoms with Crippen LogP contribution in [0.3, 0.4) is 0 Å². The largest absolute Gasteiger partial charge is 0.481 e. The number of hydrogen-bond donors (Lipinski definition) is 2. The number of Topliss-reactive ketones (excluding diaryl/α,β-unsaturated/α-hetero) is 1. The van der Waals surface area contributed by atoms with Gasteiger partial charge in [0.05, 0.1) is 18.6 Å². The van der Waals surface area contributed by atoms with E-state index in [2.05, 4.69) is 5.32 Å². The smallest absolute Gasteiger partial charge is 0.323 e. The van der Waals surface area contributed by atoms with Crippen LogP contribution in [0.25, 0.3) is 0 Å². The van der Waals surface area contributed by atoms with Gasteiger partial charge in [0.1, 0.15) is 6.04 Å². The van der Waals surface area contributed by atoms with Crippen molar-refractivity contribution in [3.8, 4) is 0 Å². The van der Waals surface area contributed by atoms with Gasteiger partial charge in [0.2, 0.25) is 0 Å². The third kappa shape index (κ3) is 4.64. The minimum absolute atomic E-state index is 0.0581. The summed E-state index contributed by atoms with van der Waals surface area (Å²) in [5.41, 5.74) is 0. The first-order valence-corrected chi connectivity index (χ1v) is 10.1. The van der Waals surface area contributed by atoms with Crippen LogP contribution in [0, 0.1) is 23.7 Å². The number of carboxylic acid groups (broad SMARTS) is 1. The van der Waals surface area contributed by atoms with Crippen LogP contribution in [-0.4, -0.2) is 41.5 Å². The maximum Gasteiger partial charge on any atom is 0.323 e. The molecule has 0 spiro atoms. The molecule has 2 aliphatic rings.